The number of hydrogen-bond donors (Lipinski definition) is 1. The van der Waals surface area contributed by atoms with E-state index in [0.29, 0.717) is 6.54 Å². The molecule has 0 fully saturated rings. The first-order valence-electron chi connectivity index (χ1n) is 4.28. The van der Waals surface area contributed by atoms with Gasteiger partial charge in [0.1, 0.15) is 0 Å². The number of likely N-dealkylation sites (N-methyl/N-ethyl adjacent to an activating group) is 1. The summed E-state index contributed by atoms with van der Waals surface area (Å²) in [4.78, 5) is 10.2. The van der Waals surface area contributed by atoms with Crippen molar-refractivity contribution in [3.8, 4) is 11.1 Å². The minimum atomic E-state index is -0.109. The Kier molecular flexibility index (Phi) is 3.26. The molecular weight excluding hydrogens is 162 g/mol. The third kappa shape index (κ3) is 2.44. The zero-order valence-electron chi connectivity index (χ0n) is 7.71. The topological polar surface area (TPSA) is 29.1 Å². The van der Waals surface area contributed by atoms with Crippen LogP contribution < -0.4 is 5.32 Å². The highest BCUT2D eigenvalue weighted by atomic mass is 16.1. The lowest BCUT2D eigenvalue weighted by atomic mass is 9.95. The van der Waals surface area contributed by atoms with E-state index in [-0.39, 0.29) is 5.91 Å². The molecule has 0 aliphatic heterocycles. The van der Waals surface area contributed by atoms with Crippen LogP contribution >= 0.6 is 0 Å². The van der Waals surface area contributed by atoms with Gasteiger partial charge in [-0.1, -0.05) is 30.8 Å². The zero-order chi connectivity index (χ0) is 9.68. The molecule has 0 spiro atoms. The molecule has 1 N–H and O–H groups in total. The van der Waals surface area contributed by atoms with Crippen molar-refractivity contribution in [2.45, 2.75) is 6.92 Å². The van der Waals surface area contributed by atoms with Gasteiger partial charge in [-0.2, -0.15) is 0 Å². The van der Waals surface area contributed by atoms with E-state index in [0.717, 1.165) is 0 Å². The molecule has 0 aromatic carbocycles. The van der Waals surface area contributed by atoms with Gasteiger partial charge in [-0.05, 0) is 24.1 Å². The maximum Gasteiger partial charge on any atom is 0.243 e. The van der Waals surface area contributed by atoms with E-state index in [1.165, 1.54) is 17.2 Å². The van der Waals surface area contributed by atoms with Crippen LogP contribution in [0.15, 0.2) is 36.9 Å². The lowest BCUT2D eigenvalue weighted by molar-refractivity contribution is -0.116. The van der Waals surface area contributed by atoms with E-state index in [9.17, 15) is 4.79 Å². The number of carbonyl (C=O) groups excluding carboxylic acids is 1. The van der Waals surface area contributed by atoms with E-state index in [1.54, 1.807) is 0 Å². The van der Waals surface area contributed by atoms with Crippen LogP contribution in [0.2, 0.25) is 0 Å². The van der Waals surface area contributed by atoms with Crippen molar-refractivity contribution in [1.29, 1.82) is 0 Å². The standard InChI is InChI=1S/C6H4.C5H9NO/c1-2-6-4-3-5(1)6;1-3-5(7)6-4-2/h1-4H;3H,1,4H2,2H3,(H,6,7). The summed E-state index contributed by atoms with van der Waals surface area (Å²) in [5, 5.41) is 2.54. The first kappa shape index (κ1) is 9.52. The molecule has 2 aliphatic carbocycles. The molecule has 2 rings (SSSR count). The van der Waals surface area contributed by atoms with Crippen LogP contribution in [-0.2, 0) is 4.79 Å². The Balaban J connectivity index is 0.000000130. The van der Waals surface area contributed by atoms with Gasteiger partial charge in [-0.3, -0.25) is 4.79 Å². The molecule has 0 saturated carbocycles. The third-order valence-corrected chi connectivity index (χ3v) is 1.75. The molecule has 68 valence electrons. The van der Waals surface area contributed by atoms with Crippen LogP contribution in [0, 0.1) is 0 Å². The number of amides is 1. The average molecular weight is 175 g/mol. The number of benzene rings is 1. The molecule has 0 unspecified atom stereocenters. The SMILES string of the molecule is C=CC(=O)NCC.c1cc2ccc1-2. The third-order valence-electron chi connectivity index (χ3n) is 1.75. The number of hydrogen-bond acceptors (Lipinski definition) is 1. The van der Waals surface area contributed by atoms with Crippen LogP contribution in [0.25, 0.3) is 11.1 Å². The minimum Gasteiger partial charge on any atom is -0.353 e. The van der Waals surface area contributed by atoms with Gasteiger partial charge in [0.15, 0.2) is 0 Å². The monoisotopic (exact) mass is 175 g/mol. The zero-order valence-corrected chi connectivity index (χ0v) is 7.71. The van der Waals surface area contributed by atoms with Crippen molar-refractivity contribution < 1.29 is 4.79 Å². The summed E-state index contributed by atoms with van der Waals surface area (Å²) >= 11 is 0. The Morgan fingerprint density at radius 2 is 1.85 bits per heavy atom. The Bertz CT molecular complexity index is 279. The largest absolute Gasteiger partial charge is 0.353 e. The Hall–Kier alpha value is -1.57. The number of nitrogens with one attached hydrogen (secondary N) is 1. The number of rotatable bonds is 2. The summed E-state index contributed by atoms with van der Waals surface area (Å²) in [5.74, 6) is -0.109. The number of fused-ring (bicyclic) bond motifs is 1. The highest BCUT2D eigenvalue weighted by Crippen LogP contribution is 2.29. The first-order valence-corrected chi connectivity index (χ1v) is 4.28. The highest BCUT2D eigenvalue weighted by Gasteiger charge is 2.03. The summed E-state index contributed by atoms with van der Waals surface area (Å²) in [6, 6.07) is 8.48. The van der Waals surface area contributed by atoms with E-state index < -0.39 is 0 Å². The first-order chi connectivity index (χ1) is 6.27. The van der Waals surface area contributed by atoms with Crippen LogP contribution in [0.1, 0.15) is 6.92 Å². The number of carbonyl (C=O) groups is 1. The molecule has 0 bridgehead atoms. The van der Waals surface area contributed by atoms with Crippen molar-refractivity contribution in [3.05, 3.63) is 36.9 Å². The summed E-state index contributed by atoms with van der Waals surface area (Å²) in [5.41, 5.74) is 2.85. The molecule has 0 atom stereocenters. The Morgan fingerprint density at radius 1 is 1.38 bits per heavy atom. The van der Waals surface area contributed by atoms with Crippen molar-refractivity contribution in [1.82, 2.24) is 5.32 Å². The summed E-state index contributed by atoms with van der Waals surface area (Å²) in [6.45, 7) is 5.80. The molecule has 0 heterocycles. The van der Waals surface area contributed by atoms with Crippen molar-refractivity contribution in [2.24, 2.45) is 0 Å². The Labute approximate surface area is 78.3 Å². The van der Waals surface area contributed by atoms with Crippen molar-refractivity contribution >= 4 is 5.91 Å². The molecule has 0 aromatic heterocycles. The van der Waals surface area contributed by atoms with Gasteiger partial charge in [-0.25, -0.2) is 0 Å². The van der Waals surface area contributed by atoms with Crippen LogP contribution in [0.5, 0.6) is 0 Å². The molecule has 2 nitrogen and oxygen atoms in total. The van der Waals surface area contributed by atoms with Gasteiger partial charge in [0, 0.05) is 6.54 Å². The molecule has 2 heteroatoms. The van der Waals surface area contributed by atoms with E-state index >= 15 is 0 Å². The van der Waals surface area contributed by atoms with Gasteiger partial charge in [0.2, 0.25) is 5.91 Å². The van der Waals surface area contributed by atoms with Crippen LogP contribution in [-0.4, -0.2) is 12.5 Å². The van der Waals surface area contributed by atoms with Gasteiger partial charge < -0.3 is 5.32 Å². The highest BCUT2D eigenvalue weighted by molar-refractivity contribution is 5.86. The predicted octanol–water partition coefficient (Wildman–Crippen LogP) is 1.98. The maximum absolute atomic E-state index is 10.2. The normalized spacial score (nSPS) is 9.31. The summed E-state index contributed by atoms with van der Waals surface area (Å²) in [6.07, 6.45) is 1.25. The van der Waals surface area contributed by atoms with E-state index in [1.807, 2.05) is 6.92 Å². The van der Waals surface area contributed by atoms with Crippen LogP contribution in [0.3, 0.4) is 0 Å². The lowest BCUT2D eigenvalue weighted by Gasteiger charge is -2.10. The van der Waals surface area contributed by atoms with Gasteiger partial charge in [0.05, 0.1) is 0 Å². The average Bonchev–Trinajstić information content (AvgIpc) is 2.12. The molecule has 2 aliphatic rings. The fourth-order valence-corrected chi connectivity index (χ4v) is 0.909. The van der Waals surface area contributed by atoms with Crippen LogP contribution in [0.4, 0.5) is 0 Å². The van der Waals surface area contributed by atoms with Gasteiger partial charge in [0.25, 0.3) is 0 Å². The van der Waals surface area contributed by atoms with Crippen molar-refractivity contribution in [3.63, 3.8) is 0 Å². The molecule has 13 heavy (non-hydrogen) atoms. The summed E-state index contributed by atoms with van der Waals surface area (Å²) < 4.78 is 0. The minimum absolute atomic E-state index is 0.109. The molecule has 0 aromatic rings. The summed E-state index contributed by atoms with van der Waals surface area (Å²) in [7, 11) is 0. The quantitative estimate of drug-likeness (QED) is 0.695. The fraction of sp³-hybridized carbons (Fsp3) is 0.182. The molecule has 0 saturated heterocycles. The lowest BCUT2D eigenvalue weighted by Crippen LogP contribution is -2.19. The second-order valence-corrected chi connectivity index (χ2v) is 2.68. The fourth-order valence-electron chi connectivity index (χ4n) is 0.909. The van der Waals surface area contributed by atoms with E-state index in [2.05, 4.69) is 36.2 Å². The van der Waals surface area contributed by atoms with Gasteiger partial charge in [-0.15, -0.1) is 0 Å². The maximum atomic E-state index is 10.2. The van der Waals surface area contributed by atoms with Crippen molar-refractivity contribution in [2.75, 3.05) is 6.54 Å². The van der Waals surface area contributed by atoms with Gasteiger partial charge >= 0.3 is 0 Å². The molecular formula is C11H13NO. The molecule has 1 amide bonds. The smallest absolute Gasteiger partial charge is 0.243 e. The Morgan fingerprint density at radius 3 is 1.92 bits per heavy atom. The van der Waals surface area contributed by atoms with E-state index in [4.69, 9.17) is 0 Å². The predicted molar refractivity (Wildman–Crippen MR) is 54.3 cm³/mol. The second-order valence-electron chi connectivity index (χ2n) is 2.68. The molecule has 0 radical (unpaired) electrons. The second kappa shape index (κ2) is 4.45.